The minimum Gasteiger partial charge on any atom is -0.493 e. The van der Waals surface area contributed by atoms with E-state index >= 15 is 0 Å². The van der Waals surface area contributed by atoms with E-state index in [0.29, 0.717) is 5.69 Å². The van der Waals surface area contributed by atoms with Gasteiger partial charge in [-0.2, -0.15) is 5.26 Å². The zero-order chi connectivity index (χ0) is 22.8. The summed E-state index contributed by atoms with van der Waals surface area (Å²) in [5.41, 5.74) is 5.61. The Balaban J connectivity index is 2.16. The number of methoxy groups -OCH3 is 2. The van der Waals surface area contributed by atoms with Gasteiger partial charge in [0.2, 0.25) is 5.75 Å². The third-order valence-electron chi connectivity index (χ3n) is 3.98. The fourth-order valence-electron chi connectivity index (χ4n) is 2.57. The van der Waals surface area contributed by atoms with Crippen LogP contribution in [0.1, 0.15) is 10.4 Å². The molecule has 0 aliphatic carbocycles. The van der Waals surface area contributed by atoms with Crippen LogP contribution in [0.15, 0.2) is 42.5 Å². The Kier molecular flexibility index (Phi) is 8.22. The molecule has 2 aromatic rings. The molecular formula is C21H21N3O7. The largest absolute Gasteiger partial charge is 0.493 e. The van der Waals surface area contributed by atoms with Gasteiger partial charge < -0.3 is 24.7 Å². The molecule has 0 saturated heterocycles. The monoisotopic (exact) mass is 427 g/mol. The summed E-state index contributed by atoms with van der Waals surface area (Å²) in [6.07, 6.45) is 0. The Morgan fingerprint density at radius 3 is 2.16 bits per heavy atom. The van der Waals surface area contributed by atoms with E-state index < -0.39 is 31.0 Å². The SMILES string of the molecule is COc1cc(C(=O)OCC(=O)N(CC#N)c2ccccc2)cc(OC)c1OCC(N)=O. The Labute approximate surface area is 178 Å². The topological polar surface area (TPSA) is 141 Å². The first-order valence-electron chi connectivity index (χ1n) is 8.97. The van der Waals surface area contributed by atoms with Gasteiger partial charge in [-0.1, -0.05) is 18.2 Å². The molecule has 0 spiro atoms. The molecule has 0 aromatic heterocycles. The number of anilines is 1. The van der Waals surface area contributed by atoms with E-state index in [4.69, 9.17) is 29.9 Å². The molecule has 162 valence electrons. The van der Waals surface area contributed by atoms with Crippen LogP contribution in [0.5, 0.6) is 17.2 Å². The van der Waals surface area contributed by atoms with E-state index in [0.717, 1.165) is 0 Å². The first kappa shape index (κ1) is 23.0. The zero-order valence-electron chi connectivity index (χ0n) is 17.0. The van der Waals surface area contributed by atoms with Gasteiger partial charge in [-0.3, -0.25) is 14.5 Å². The van der Waals surface area contributed by atoms with Crippen molar-refractivity contribution < 1.29 is 33.3 Å². The number of benzene rings is 2. The number of nitrogens with two attached hydrogens (primary N) is 1. The van der Waals surface area contributed by atoms with E-state index in [9.17, 15) is 14.4 Å². The molecule has 0 unspecified atom stereocenters. The van der Waals surface area contributed by atoms with E-state index in [1.807, 2.05) is 6.07 Å². The van der Waals surface area contributed by atoms with Crippen LogP contribution in [0.25, 0.3) is 0 Å². The van der Waals surface area contributed by atoms with Crippen molar-refractivity contribution in [3.8, 4) is 23.3 Å². The maximum Gasteiger partial charge on any atom is 0.338 e. The first-order valence-corrected chi connectivity index (χ1v) is 8.97. The summed E-state index contributed by atoms with van der Waals surface area (Å²) in [7, 11) is 2.67. The van der Waals surface area contributed by atoms with Crippen LogP contribution in [-0.4, -0.2) is 51.8 Å². The van der Waals surface area contributed by atoms with Gasteiger partial charge in [0.25, 0.3) is 11.8 Å². The molecule has 0 heterocycles. The molecule has 2 aromatic carbocycles. The van der Waals surface area contributed by atoms with Crippen molar-refractivity contribution >= 4 is 23.5 Å². The van der Waals surface area contributed by atoms with Gasteiger partial charge in [0.1, 0.15) is 6.54 Å². The molecule has 0 radical (unpaired) electrons. The first-order chi connectivity index (χ1) is 14.9. The quantitative estimate of drug-likeness (QED) is 0.441. The summed E-state index contributed by atoms with van der Waals surface area (Å²) in [6, 6.07) is 13.1. The molecule has 0 saturated carbocycles. The lowest BCUT2D eigenvalue weighted by Crippen LogP contribution is -2.35. The van der Waals surface area contributed by atoms with E-state index in [-0.39, 0.29) is 29.4 Å². The van der Waals surface area contributed by atoms with Crippen LogP contribution in [0.3, 0.4) is 0 Å². The maximum absolute atomic E-state index is 12.5. The summed E-state index contributed by atoms with van der Waals surface area (Å²) in [6.45, 7) is -1.20. The third kappa shape index (κ3) is 6.11. The van der Waals surface area contributed by atoms with Crippen molar-refractivity contribution in [3.63, 3.8) is 0 Å². The second-order valence-corrected chi connectivity index (χ2v) is 6.01. The number of primary amides is 1. The van der Waals surface area contributed by atoms with Crippen LogP contribution in [-0.2, 0) is 14.3 Å². The lowest BCUT2D eigenvalue weighted by Gasteiger charge is -2.19. The van der Waals surface area contributed by atoms with Gasteiger partial charge >= 0.3 is 5.97 Å². The minimum absolute atomic E-state index is 0.0273. The maximum atomic E-state index is 12.5. The van der Waals surface area contributed by atoms with Crippen molar-refractivity contribution in [2.24, 2.45) is 5.73 Å². The smallest absolute Gasteiger partial charge is 0.338 e. The number of carbonyl (C=O) groups excluding carboxylic acids is 3. The summed E-state index contributed by atoms with van der Waals surface area (Å²) in [5.74, 6) is -1.80. The number of nitrogens with zero attached hydrogens (tertiary/aromatic N) is 2. The number of para-hydroxylation sites is 1. The molecular weight excluding hydrogens is 406 g/mol. The molecule has 0 fully saturated rings. The van der Waals surface area contributed by atoms with Crippen molar-refractivity contribution in [2.45, 2.75) is 0 Å². The average Bonchev–Trinajstić information content (AvgIpc) is 2.79. The van der Waals surface area contributed by atoms with E-state index in [1.165, 1.54) is 31.3 Å². The molecule has 10 nitrogen and oxygen atoms in total. The van der Waals surface area contributed by atoms with Crippen molar-refractivity contribution in [1.82, 2.24) is 0 Å². The fourth-order valence-corrected chi connectivity index (χ4v) is 2.57. The Morgan fingerprint density at radius 1 is 1.03 bits per heavy atom. The summed E-state index contributed by atoms with van der Waals surface area (Å²) in [5, 5.41) is 9.00. The Bertz CT molecular complexity index is 961. The summed E-state index contributed by atoms with van der Waals surface area (Å²) in [4.78, 5) is 37.2. The van der Waals surface area contributed by atoms with Crippen LogP contribution in [0.2, 0.25) is 0 Å². The predicted octanol–water partition coefficient (Wildman–Crippen LogP) is 1.28. The van der Waals surface area contributed by atoms with Crippen molar-refractivity contribution in [3.05, 3.63) is 48.0 Å². The third-order valence-corrected chi connectivity index (χ3v) is 3.98. The molecule has 2 N–H and O–H groups in total. The summed E-state index contributed by atoms with van der Waals surface area (Å²) < 4.78 is 20.8. The second kappa shape index (κ2) is 11.1. The average molecular weight is 427 g/mol. The number of esters is 1. The highest BCUT2D eigenvalue weighted by molar-refractivity contribution is 5.97. The number of hydrogen-bond acceptors (Lipinski definition) is 8. The number of nitriles is 1. The van der Waals surface area contributed by atoms with Crippen LogP contribution >= 0.6 is 0 Å². The molecule has 2 rings (SSSR count). The minimum atomic E-state index is -0.823. The van der Waals surface area contributed by atoms with Gasteiger partial charge in [0, 0.05) is 5.69 Å². The molecule has 0 aliphatic heterocycles. The molecule has 0 bridgehead atoms. The van der Waals surface area contributed by atoms with Gasteiger partial charge in [-0.05, 0) is 24.3 Å². The second-order valence-electron chi connectivity index (χ2n) is 6.01. The molecule has 0 atom stereocenters. The normalized spacial score (nSPS) is 9.84. The number of rotatable bonds is 10. The predicted molar refractivity (Wildman–Crippen MR) is 109 cm³/mol. The van der Waals surface area contributed by atoms with Crippen LogP contribution < -0.4 is 24.8 Å². The zero-order valence-corrected chi connectivity index (χ0v) is 17.0. The Morgan fingerprint density at radius 2 is 1.65 bits per heavy atom. The van der Waals surface area contributed by atoms with Crippen LogP contribution in [0, 0.1) is 11.3 Å². The number of hydrogen-bond donors (Lipinski definition) is 1. The fraction of sp³-hybridized carbons (Fsp3) is 0.238. The number of ether oxygens (including phenoxy) is 4. The van der Waals surface area contributed by atoms with Gasteiger partial charge in [-0.15, -0.1) is 0 Å². The lowest BCUT2D eigenvalue weighted by atomic mass is 10.2. The number of carbonyl (C=O) groups is 3. The highest BCUT2D eigenvalue weighted by atomic mass is 16.5. The Hall–Kier alpha value is -4.26. The van der Waals surface area contributed by atoms with Crippen LogP contribution in [0.4, 0.5) is 5.69 Å². The number of amides is 2. The van der Waals surface area contributed by atoms with Gasteiger partial charge in [0.05, 0.1) is 25.9 Å². The highest BCUT2D eigenvalue weighted by Gasteiger charge is 2.21. The molecule has 10 heteroatoms. The van der Waals surface area contributed by atoms with E-state index in [2.05, 4.69) is 0 Å². The van der Waals surface area contributed by atoms with Gasteiger partial charge in [-0.25, -0.2) is 4.79 Å². The molecule has 2 amide bonds. The van der Waals surface area contributed by atoms with Crippen molar-refractivity contribution in [2.75, 3.05) is 38.9 Å². The van der Waals surface area contributed by atoms with Crippen molar-refractivity contribution in [1.29, 1.82) is 5.26 Å². The standard InChI is InChI=1S/C21H21N3O7/c1-28-16-10-14(11-17(29-2)20(16)30-12-18(23)25)21(27)31-13-19(26)24(9-8-22)15-6-4-3-5-7-15/h3-7,10-11H,9,12-13H2,1-2H3,(H2,23,25). The van der Waals surface area contributed by atoms with E-state index in [1.54, 1.807) is 30.3 Å². The van der Waals surface area contributed by atoms with Gasteiger partial charge in [0.15, 0.2) is 24.7 Å². The lowest BCUT2D eigenvalue weighted by molar-refractivity contribution is -0.121. The molecule has 0 aliphatic rings. The molecule has 31 heavy (non-hydrogen) atoms. The summed E-state index contributed by atoms with van der Waals surface area (Å²) >= 11 is 0. The highest BCUT2D eigenvalue weighted by Crippen LogP contribution is 2.38.